The Kier molecular flexibility index (Phi) is 1.91. The van der Waals surface area contributed by atoms with Gasteiger partial charge >= 0.3 is 5.97 Å². The van der Waals surface area contributed by atoms with E-state index in [0.717, 1.165) is 6.08 Å². The standard InChI is InChI=1S/C6H7N3O2/c7-6-4(3-8-9-6)1-2-5(10)11/h1-3H,(H,10,11)(H3,7,8,9)/b2-1+. The number of hydrogen-bond acceptors (Lipinski definition) is 3. The lowest BCUT2D eigenvalue weighted by Crippen LogP contribution is -1.88. The van der Waals surface area contributed by atoms with Gasteiger partial charge in [-0.15, -0.1) is 0 Å². The fraction of sp³-hybridized carbons (Fsp3) is 0. The van der Waals surface area contributed by atoms with Crippen molar-refractivity contribution in [1.29, 1.82) is 0 Å². The molecule has 0 aliphatic carbocycles. The number of nitrogen functional groups attached to an aromatic ring is 1. The highest BCUT2D eigenvalue weighted by molar-refractivity contribution is 5.86. The molecule has 0 unspecified atom stereocenters. The third-order valence-electron chi connectivity index (χ3n) is 1.11. The zero-order chi connectivity index (χ0) is 8.27. The van der Waals surface area contributed by atoms with E-state index in [1.165, 1.54) is 12.3 Å². The van der Waals surface area contributed by atoms with Crippen LogP contribution in [0.3, 0.4) is 0 Å². The molecular formula is C6H7N3O2. The molecule has 5 heteroatoms. The highest BCUT2D eigenvalue weighted by Crippen LogP contribution is 2.07. The van der Waals surface area contributed by atoms with Gasteiger partial charge in [-0.25, -0.2) is 4.79 Å². The number of carboxylic acid groups (broad SMARTS) is 1. The van der Waals surface area contributed by atoms with E-state index in [-0.39, 0.29) is 0 Å². The van der Waals surface area contributed by atoms with Gasteiger partial charge < -0.3 is 10.8 Å². The maximum Gasteiger partial charge on any atom is 0.328 e. The van der Waals surface area contributed by atoms with Gasteiger partial charge in [0.1, 0.15) is 5.82 Å². The lowest BCUT2D eigenvalue weighted by atomic mass is 10.3. The van der Waals surface area contributed by atoms with Crippen LogP contribution < -0.4 is 5.73 Å². The predicted molar refractivity (Wildman–Crippen MR) is 39.7 cm³/mol. The Hall–Kier alpha value is -1.78. The number of anilines is 1. The van der Waals surface area contributed by atoms with E-state index in [1.54, 1.807) is 0 Å². The normalized spacial score (nSPS) is 10.5. The van der Waals surface area contributed by atoms with Crippen LogP contribution in [0, 0.1) is 0 Å². The molecule has 0 aliphatic heterocycles. The number of nitrogens with zero attached hydrogens (tertiary/aromatic N) is 1. The quantitative estimate of drug-likeness (QED) is 0.525. The first kappa shape index (κ1) is 7.33. The van der Waals surface area contributed by atoms with Gasteiger partial charge in [-0.3, -0.25) is 5.10 Å². The Morgan fingerprint density at radius 1 is 1.82 bits per heavy atom. The molecule has 0 atom stereocenters. The fourth-order valence-electron chi connectivity index (χ4n) is 0.599. The fourth-order valence-corrected chi connectivity index (χ4v) is 0.599. The highest BCUT2D eigenvalue weighted by Gasteiger charge is 1.95. The van der Waals surface area contributed by atoms with Gasteiger partial charge in [-0.1, -0.05) is 0 Å². The number of carbonyl (C=O) groups is 1. The summed E-state index contributed by atoms with van der Waals surface area (Å²) in [4.78, 5) is 10.0. The summed E-state index contributed by atoms with van der Waals surface area (Å²) in [5, 5.41) is 14.3. The van der Waals surface area contributed by atoms with Crippen molar-refractivity contribution in [3.05, 3.63) is 17.8 Å². The van der Waals surface area contributed by atoms with Crippen LogP contribution in [0.1, 0.15) is 5.56 Å². The molecule has 11 heavy (non-hydrogen) atoms. The van der Waals surface area contributed by atoms with Crippen LogP contribution in [0.5, 0.6) is 0 Å². The molecule has 4 N–H and O–H groups in total. The first-order valence-corrected chi connectivity index (χ1v) is 2.90. The number of aromatic nitrogens is 2. The Bertz CT molecular complexity index is 290. The Morgan fingerprint density at radius 3 is 3.00 bits per heavy atom. The molecule has 0 spiro atoms. The van der Waals surface area contributed by atoms with Gasteiger partial charge in [0.2, 0.25) is 0 Å². The number of H-pyrrole nitrogens is 1. The van der Waals surface area contributed by atoms with Crippen LogP contribution in [0.4, 0.5) is 5.82 Å². The summed E-state index contributed by atoms with van der Waals surface area (Å²) in [6.07, 6.45) is 3.83. The second-order valence-electron chi connectivity index (χ2n) is 1.91. The number of nitrogens with two attached hydrogens (primary N) is 1. The number of rotatable bonds is 2. The zero-order valence-electron chi connectivity index (χ0n) is 5.61. The van der Waals surface area contributed by atoms with Crippen molar-refractivity contribution < 1.29 is 9.90 Å². The third kappa shape index (κ3) is 1.82. The summed E-state index contributed by atoms with van der Waals surface area (Å²) in [5.41, 5.74) is 5.94. The van der Waals surface area contributed by atoms with Crippen molar-refractivity contribution in [3.63, 3.8) is 0 Å². The smallest absolute Gasteiger partial charge is 0.328 e. The first-order valence-electron chi connectivity index (χ1n) is 2.90. The summed E-state index contributed by atoms with van der Waals surface area (Å²) >= 11 is 0. The van der Waals surface area contributed by atoms with Crippen LogP contribution in [0.2, 0.25) is 0 Å². The van der Waals surface area contributed by atoms with Crippen molar-refractivity contribution in [1.82, 2.24) is 10.2 Å². The number of aromatic amines is 1. The summed E-state index contributed by atoms with van der Waals surface area (Å²) in [7, 11) is 0. The maximum atomic E-state index is 10.0. The first-order chi connectivity index (χ1) is 5.20. The van der Waals surface area contributed by atoms with Gasteiger partial charge in [0.05, 0.1) is 6.20 Å². The molecule has 1 aromatic rings. The minimum atomic E-state index is -1.01. The molecule has 0 radical (unpaired) electrons. The molecule has 0 aliphatic rings. The van der Waals surface area contributed by atoms with Crippen molar-refractivity contribution in [2.24, 2.45) is 0 Å². The molecule has 0 saturated heterocycles. The summed E-state index contributed by atoms with van der Waals surface area (Å²) in [5.74, 6) is -0.645. The molecule has 5 nitrogen and oxygen atoms in total. The van der Waals surface area contributed by atoms with E-state index in [0.29, 0.717) is 11.4 Å². The minimum absolute atomic E-state index is 0.363. The van der Waals surface area contributed by atoms with E-state index in [4.69, 9.17) is 10.8 Å². The van der Waals surface area contributed by atoms with E-state index < -0.39 is 5.97 Å². The molecular weight excluding hydrogens is 146 g/mol. The number of nitrogens with one attached hydrogen (secondary N) is 1. The second-order valence-corrected chi connectivity index (χ2v) is 1.91. The van der Waals surface area contributed by atoms with Crippen LogP contribution in [0.15, 0.2) is 12.3 Å². The average Bonchev–Trinajstić information content (AvgIpc) is 2.31. The molecule has 0 amide bonds. The molecule has 0 bridgehead atoms. The monoisotopic (exact) mass is 153 g/mol. The van der Waals surface area contributed by atoms with Gasteiger partial charge in [0.15, 0.2) is 0 Å². The van der Waals surface area contributed by atoms with E-state index >= 15 is 0 Å². The predicted octanol–water partition coefficient (Wildman–Crippen LogP) is 0.0897. The third-order valence-corrected chi connectivity index (χ3v) is 1.11. The van der Waals surface area contributed by atoms with Crippen molar-refractivity contribution >= 4 is 17.9 Å². The second kappa shape index (κ2) is 2.87. The van der Waals surface area contributed by atoms with Gasteiger partial charge in [0, 0.05) is 11.6 Å². The van der Waals surface area contributed by atoms with Gasteiger partial charge in [-0.05, 0) is 6.08 Å². The molecule has 0 saturated carbocycles. The highest BCUT2D eigenvalue weighted by atomic mass is 16.4. The zero-order valence-corrected chi connectivity index (χ0v) is 5.61. The Labute approximate surface area is 62.5 Å². The largest absolute Gasteiger partial charge is 0.478 e. The SMILES string of the molecule is Nc1[nH]ncc1/C=C/C(=O)O. The van der Waals surface area contributed by atoms with E-state index in [2.05, 4.69) is 10.2 Å². The van der Waals surface area contributed by atoms with Gasteiger partial charge in [0.25, 0.3) is 0 Å². The van der Waals surface area contributed by atoms with E-state index in [1.807, 2.05) is 0 Å². The topological polar surface area (TPSA) is 92.0 Å². The lowest BCUT2D eigenvalue weighted by Gasteiger charge is -1.85. The minimum Gasteiger partial charge on any atom is -0.478 e. The molecule has 0 fully saturated rings. The molecule has 0 aromatic carbocycles. The molecule has 1 heterocycles. The Balaban J connectivity index is 2.79. The number of carboxylic acids is 1. The van der Waals surface area contributed by atoms with Crippen LogP contribution in [0.25, 0.3) is 6.08 Å². The van der Waals surface area contributed by atoms with Crippen LogP contribution >= 0.6 is 0 Å². The van der Waals surface area contributed by atoms with Crippen LogP contribution in [-0.2, 0) is 4.79 Å². The van der Waals surface area contributed by atoms with E-state index in [9.17, 15) is 4.79 Å². The molecule has 58 valence electrons. The van der Waals surface area contributed by atoms with Crippen molar-refractivity contribution in [2.75, 3.05) is 5.73 Å². The average molecular weight is 153 g/mol. The number of aliphatic carboxylic acids is 1. The summed E-state index contributed by atoms with van der Waals surface area (Å²) < 4.78 is 0. The number of hydrogen-bond donors (Lipinski definition) is 3. The van der Waals surface area contributed by atoms with Crippen LogP contribution in [-0.4, -0.2) is 21.3 Å². The summed E-state index contributed by atoms with van der Waals surface area (Å²) in [6.45, 7) is 0. The molecule has 1 rings (SSSR count). The van der Waals surface area contributed by atoms with Gasteiger partial charge in [-0.2, -0.15) is 5.10 Å². The molecule has 1 aromatic heterocycles. The van der Waals surface area contributed by atoms with Crippen molar-refractivity contribution in [3.8, 4) is 0 Å². The van der Waals surface area contributed by atoms with Crippen molar-refractivity contribution in [2.45, 2.75) is 0 Å². The lowest BCUT2D eigenvalue weighted by molar-refractivity contribution is -0.131. The maximum absolute atomic E-state index is 10.0. The Morgan fingerprint density at radius 2 is 2.55 bits per heavy atom. The summed E-state index contributed by atoms with van der Waals surface area (Å²) in [6, 6.07) is 0.